The molecule has 0 radical (unpaired) electrons. The minimum Gasteiger partial charge on any atom is -0.507 e. The van der Waals surface area contributed by atoms with Crippen LogP contribution in [-0.2, 0) is 6.54 Å². The van der Waals surface area contributed by atoms with E-state index in [0.29, 0.717) is 17.8 Å². The molecule has 0 aliphatic carbocycles. The zero-order valence-corrected chi connectivity index (χ0v) is 9.92. The van der Waals surface area contributed by atoms with Crippen LogP contribution in [-0.4, -0.2) is 21.0 Å². The van der Waals surface area contributed by atoms with Crippen molar-refractivity contribution >= 4 is 5.91 Å². The van der Waals surface area contributed by atoms with E-state index < -0.39 is 0 Å². The van der Waals surface area contributed by atoms with Crippen LogP contribution >= 0.6 is 0 Å². The van der Waals surface area contributed by atoms with Crippen molar-refractivity contribution in [2.75, 3.05) is 0 Å². The number of para-hydroxylation sites is 1. The number of carbonyl (C=O) groups is 1. The Bertz CT molecular complexity index is 555. The molecule has 5 heteroatoms. The standard InChI is InChI=1S/C13H13N3O2/c1-9-3-2-4-11(12(9)17)13(18)15-7-10-5-6-14-8-16-10/h2-6,8,17H,7H2,1H3,(H,15,18). The SMILES string of the molecule is Cc1cccc(C(=O)NCc2ccncn2)c1O. The van der Waals surface area contributed by atoms with Crippen LogP contribution in [0.2, 0.25) is 0 Å². The van der Waals surface area contributed by atoms with Crippen LogP contribution in [0.5, 0.6) is 5.75 Å². The predicted molar refractivity (Wildman–Crippen MR) is 66.0 cm³/mol. The van der Waals surface area contributed by atoms with E-state index in [1.165, 1.54) is 6.33 Å². The van der Waals surface area contributed by atoms with Gasteiger partial charge in [-0.2, -0.15) is 0 Å². The molecular formula is C13H13N3O2. The van der Waals surface area contributed by atoms with Gasteiger partial charge in [0.05, 0.1) is 17.8 Å². The summed E-state index contributed by atoms with van der Waals surface area (Å²) in [5, 5.41) is 12.5. The van der Waals surface area contributed by atoms with Gasteiger partial charge in [-0.05, 0) is 24.6 Å². The van der Waals surface area contributed by atoms with E-state index in [1.807, 2.05) is 0 Å². The normalized spacial score (nSPS) is 10.1. The fourth-order valence-corrected chi connectivity index (χ4v) is 1.53. The molecule has 18 heavy (non-hydrogen) atoms. The largest absolute Gasteiger partial charge is 0.507 e. The Hall–Kier alpha value is -2.43. The topological polar surface area (TPSA) is 75.1 Å². The molecule has 0 bridgehead atoms. The average molecular weight is 243 g/mol. The van der Waals surface area contributed by atoms with E-state index in [9.17, 15) is 9.90 Å². The lowest BCUT2D eigenvalue weighted by Gasteiger charge is -2.07. The van der Waals surface area contributed by atoms with Gasteiger partial charge in [0.1, 0.15) is 12.1 Å². The maximum absolute atomic E-state index is 11.9. The molecule has 1 aromatic heterocycles. The van der Waals surface area contributed by atoms with Gasteiger partial charge in [-0.1, -0.05) is 12.1 Å². The highest BCUT2D eigenvalue weighted by molar-refractivity contribution is 5.97. The molecule has 0 aliphatic heterocycles. The lowest BCUT2D eigenvalue weighted by atomic mass is 10.1. The number of phenols is 1. The highest BCUT2D eigenvalue weighted by Crippen LogP contribution is 2.21. The number of nitrogens with one attached hydrogen (secondary N) is 1. The number of hydrogen-bond donors (Lipinski definition) is 2. The summed E-state index contributed by atoms with van der Waals surface area (Å²) < 4.78 is 0. The van der Waals surface area contributed by atoms with Gasteiger partial charge in [-0.3, -0.25) is 4.79 Å². The summed E-state index contributed by atoms with van der Waals surface area (Å²) in [4.78, 5) is 19.7. The van der Waals surface area contributed by atoms with Crippen molar-refractivity contribution < 1.29 is 9.90 Å². The van der Waals surface area contributed by atoms with Crippen molar-refractivity contribution in [3.05, 3.63) is 53.6 Å². The Labute approximate surface area is 105 Å². The summed E-state index contributed by atoms with van der Waals surface area (Å²) in [6.07, 6.45) is 3.03. The monoisotopic (exact) mass is 243 g/mol. The van der Waals surface area contributed by atoms with E-state index in [0.717, 1.165) is 0 Å². The van der Waals surface area contributed by atoms with Gasteiger partial charge < -0.3 is 10.4 Å². The molecule has 1 aromatic carbocycles. The molecular weight excluding hydrogens is 230 g/mol. The third-order valence-corrected chi connectivity index (χ3v) is 2.56. The predicted octanol–water partition coefficient (Wildman–Crippen LogP) is 1.42. The smallest absolute Gasteiger partial charge is 0.255 e. The Morgan fingerprint density at radius 3 is 2.94 bits per heavy atom. The van der Waals surface area contributed by atoms with E-state index in [2.05, 4.69) is 15.3 Å². The molecule has 0 spiro atoms. The molecule has 0 unspecified atom stereocenters. The van der Waals surface area contributed by atoms with Crippen molar-refractivity contribution in [2.45, 2.75) is 13.5 Å². The number of aromatic hydroxyl groups is 1. The maximum Gasteiger partial charge on any atom is 0.255 e. The van der Waals surface area contributed by atoms with Gasteiger partial charge in [0.15, 0.2) is 0 Å². The molecule has 2 N–H and O–H groups in total. The summed E-state index contributed by atoms with van der Waals surface area (Å²) in [5.41, 5.74) is 1.65. The maximum atomic E-state index is 11.9. The number of aromatic nitrogens is 2. The van der Waals surface area contributed by atoms with Crippen molar-refractivity contribution in [2.24, 2.45) is 0 Å². The Morgan fingerprint density at radius 1 is 1.39 bits per heavy atom. The van der Waals surface area contributed by atoms with Gasteiger partial charge >= 0.3 is 0 Å². The van der Waals surface area contributed by atoms with Gasteiger partial charge in [-0.15, -0.1) is 0 Å². The molecule has 2 aromatic rings. The summed E-state index contributed by atoms with van der Waals surface area (Å²) >= 11 is 0. The first-order valence-electron chi connectivity index (χ1n) is 5.50. The van der Waals surface area contributed by atoms with E-state index in [1.54, 1.807) is 37.4 Å². The second kappa shape index (κ2) is 5.27. The summed E-state index contributed by atoms with van der Waals surface area (Å²) in [5.74, 6) is -0.313. The highest BCUT2D eigenvalue weighted by Gasteiger charge is 2.11. The molecule has 5 nitrogen and oxygen atoms in total. The molecule has 1 amide bonds. The number of amides is 1. The van der Waals surface area contributed by atoms with Crippen molar-refractivity contribution in [1.29, 1.82) is 0 Å². The van der Waals surface area contributed by atoms with Crippen molar-refractivity contribution in [1.82, 2.24) is 15.3 Å². The van der Waals surface area contributed by atoms with Crippen LogP contribution in [0.15, 0.2) is 36.8 Å². The first-order valence-corrected chi connectivity index (χ1v) is 5.50. The van der Waals surface area contributed by atoms with Crippen LogP contribution in [0.25, 0.3) is 0 Å². The fraction of sp³-hybridized carbons (Fsp3) is 0.154. The molecule has 0 aliphatic rings. The second-order valence-electron chi connectivity index (χ2n) is 3.85. The third-order valence-electron chi connectivity index (χ3n) is 2.56. The van der Waals surface area contributed by atoms with Crippen LogP contribution in [0.1, 0.15) is 21.6 Å². The zero-order valence-electron chi connectivity index (χ0n) is 9.92. The van der Waals surface area contributed by atoms with Crippen LogP contribution in [0, 0.1) is 6.92 Å². The second-order valence-corrected chi connectivity index (χ2v) is 3.85. The fourth-order valence-electron chi connectivity index (χ4n) is 1.53. The third kappa shape index (κ3) is 2.63. The lowest BCUT2D eigenvalue weighted by Crippen LogP contribution is -2.23. The van der Waals surface area contributed by atoms with E-state index in [-0.39, 0.29) is 17.2 Å². The molecule has 2 rings (SSSR count). The van der Waals surface area contributed by atoms with Crippen LogP contribution < -0.4 is 5.32 Å². The average Bonchev–Trinajstić information content (AvgIpc) is 2.40. The molecule has 1 heterocycles. The van der Waals surface area contributed by atoms with E-state index >= 15 is 0 Å². The first kappa shape index (κ1) is 12.0. The molecule has 0 fully saturated rings. The number of nitrogens with zero attached hydrogens (tertiary/aromatic N) is 2. The van der Waals surface area contributed by atoms with Gasteiger partial charge in [0.25, 0.3) is 5.91 Å². The van der Waals surface area contributed by atoms with Gasteiger partial charge in [0.2, 0.25) is 0 Å². The molecule has 0 atom stereocenters. The van der Waals surface area contributed by atoms with E-state index in [4.69, 9.17) is 0 Å². The summed E-state index contributed by atoms with van der Waals surface area (Å²) in [6.45, 7) is 2.05. The van der Waals surface area contributed by atoms with Crippen LogP contribution in [0.3, 0.4) is 0 Å². The summed E-state index contributed by atoms with van der Waals surface area (Å²) in [6, 6.07) is 6.78. The first-order chi connectivity index (χ1) is 8.68. The van der Waals surface area contributed by atoms with Gasteiger partial charge in [-0.25, -0.2) is 9.97 Å². The lowest BCUT2D eigenvalue weighted by molar-refractivity contribution is 0.0947. The minimum atomic E-state index is -0.324. The minimum absolute atomic E-state index is 0.0117. The summed E-state index contributed by atoms with van der Waals surface area (Å²) in [7, 11) is 0. The Morgan fingerprint density at radius 2 is 2.22 bits per heavy atom. The molecule has 92 valence electrons. The number of aryl methyl sites for hydroxylation is 1. The number of phenolic OH excluding ortho intramolecular Hbond substituents is 1. The Kier molecular flexibility index (Phi) is 3.52. The quantitative estimate of drug-likeness (QED) is 0.855. The van der Waals surface area contributed by atoms with Crippen molar-refractivity contribution in [3.63, 3.8) is 0 Å². The zero-order chi connectivity index (χ0) is 13.0. The molecule has 0 saturated heterocycles. The highest BCUT2D eigenvalue weighted by atomic mass is 16.3. The van der Waals surface area contributed by atoms with Crippen LogP contribution in [0.4, 0.5) is 0 Å². The number of rotatable bonds is 3. The number of carbonyl (C=O) groups excluding carboxylic acids is 1. The van der Waals surface area contributed by atoms with Gasteiger partial charge in [0, 0.05) is 6.20 Å². The Balaban J connectivity index is 2.07. The number of benzene rings is 1. The van der Waals surface area contributed by atoms with Crippen molar-refractivity contribution in [3.8, 4) is 5.75 Å². The molecule has 0 saturated carbocycles. The number of hydrogen-bond acceptors (Lipinski definition) is 4.